The molecule has 0 aromatic carbocycles. The molecule has 0 fully saturated rings. The summed E-state index contributed by atoms with van der Waals surface area (Å²) in [5, 5.41) is 0. The Labute approximate surface area is 114 Å². The fraction of sp³-hybridized carbons (Fsp3) is 0.353. The van der Waals surface area contributed by atoms with Crippen molar-refractivity contribution in [3.63, 3.8) is 0 Å². The van der Waals surface area contributed by atoms with Crippen molar-refractivity contribution in [3.8, 4) is 11.8 Å². The van der Waals surface area contributed by atoms with Crippen molar-refractivity contribution < 1.29 is 0 Å². The number of hydrogen-bond donors (Lipinski definition) is 0. The monoisotopic (exact) mass is 250 g/mol. The Bertz CT molecular complexity index is 710. The molecule has 2 heterocycles. The molecule has 0 spiro atoms. The van der Waals surface area contributed by atoms with Crippen LogP contribution in [-0.4, -0.2) is 9.38 Å². The normalized spacial score (nSPS) is 22.1. The second-order valence-electron chi connectivity index (χ2n) is 5.46. The molecule has 0 amide bonds. The van der Waals surface area contributed by atoms with Crippen molar-refractivity contribution >= 4 is 5.65 Å². The zero-order chi connectivity index (χ0) is 13.4. The van der Waals surface area contributed by atoms with E-state index in [4.69, 9.17) is 4.98 Å². The molecule has 3 rings (SSSR count). The molecular formula is C17H18N2. The van der Waals surface area contributed by atoms with E-state index in [2.05, 4.69) is 67.6 Å². The number of fused-ring (bicyclic) bond motifs is 1. The molecule has 96 valence electrons. The van der Waals surface area contributed by atoms with Gasteiger partial charge >= 0.3 is 0 Å². The molecule has 2 heteroatoms. The van der Waals surface area contributed by atoms with Gasteiger partial charge in [0.1, 0.15) is 5.65 Å². The fourth-order valence-electron chi connectivity index (χ4n) is 2.53. The lowest BCUT2D eigenvalue weighted by Crippen LogP contribution is -1.91. The lowest BCUT2D eigenvalue weighted by Gasteiger charge is -1.99. The molecule has 0 aliphatic heterocycles. The van der Waals surface area contributed by atoms with Gasteiger partial charge in [0.05, 0.1) is 11.6 Å². The average Bonchev–Trinajstić information content (AvgIpc) is 2.65. The van der Waals surface area contributed by atoms with Crippen LogP contribution in [0.1, 0.15) is 36.1 Å². The molecule has 0 saturated carbocycles. The minimum absolute atomic E-state index is 0.129. The minimum atomic E-state index is 0.129. The molecule has 2 atom stereocenters. The smallest absolute Gasteiger partial charge is 0.140 e. The number of pyridine rings is 1. The van der Waals surface area contributed by atoms with Crippen LogP contribution in [0.2, 0.25) is 0 Å². The SMILES string of the molecule is Cc1cc(C)c2nc(C3C#CCC(C)C=C3)cn2c1. The summed E-state index contributed by atoms with van der Waals surface area (Å²) in [7, 11) is 0. The van der Waals surface area contributed by atoms with Crippen molar-refractivity contribution in [3.05, 3.63) is 47.4 Å². The number of rotatable bonds is 1. The summed E-state index contributed by atoms with van der Waals surface area (Å²) >= 11 is 0. The van der Waals surface area contributed by atoms with E-state index in [-0.39, 0.29) is 5.92 Å². The topological polar surface area (TPSA) is 17.3 Å². The summed E-state index contributed by atoms with van der Waals surface area (Å²) < 4.78 is 2.11. The van der Waals surface area contributed by atoms with E-state index in [0.717, 1.165) is 17.8 Å². The molecule has 2 aromatic heterocycles. The van der Waals surface area contributed by atoms with Crippen molar-refractivity contribution in [2.24, 2.45) is 5.92 Å². The summed E-state index contributed by atoms with van der Waals surface area (Å²) in [5.74, 6) is 7.23. The van der Waals surface area contributed by atoms with Gasteiger partial charge in [-0.05, 0) is 30.9 Å². The van der Waals surface area contributed by atoms with Crippen LogP contribution in [0, 0.1) is 31.6 Å². The standard InChI is InChI=1S/C17H18N2/c1-12-5-4-6-15(8-7-12)16-11-19-10-13(2)9-14(3)17(19)18-16/h7-12,15H,5H2,1-3H3. The minimum Gasteiger partial charge on any atom is -0.306 e. The first kappa shape index (κ1) is 12.0. The predicted molar refractivity (Wildman–Crippen MR) is 78.1 cm³/mol. The van der Waals surface area contributed by atoms with E-state index in [1.165, 1.54) is 11.1 Å². The summed E-state index contributed by atoms with van der Waals surface area (Å²) in [6, 6.07) is 2.17. The predicted octanol–water partition coefficient (Wildman–Crippen LogP) is 3.63. The molecule has 2 unspecified atom stereocenters. The Balaban J connectivity index is 2.08. The summed E-state index contributed by atoms with van der Waals surface area (Å²) in [4.78, 5) is 4.75. The Morgan fingerprint density at radius 1 is 1.26 bits per heavy atom. The quantitative estimate of drug-likeness (QED) is 0.558. The van der Waals surface area contributed by atoms with Crippen LogP contribution in [0.15, 0.2) is 30.6 Å². The van der Waals surface area contributed by atoms with E-state index >= 15 is 0 Å². The van der Waals surface area contributed by atoms with Crippen molar-refractivity contribution in [2.75, 3.05) is 0 Å². The number of allylic oxidation sites excluding steroid dienone is 2. The Hall–Kier alpha value is -2.01. The van der Waals surface area contributed by atoms with E-state index < -0.39 is 0 Å². The van der Waals surface area contributed by atoms with Gasteiger partial charge in [-0.2, -0.15) is 0 Å². The highest BCUT2D eigenvalue weighted by atomic mass is 15.0. The molecule has 0 N–H and O–H groups in total. The third-order valence-corrected chi connectivity index (χ3v) is 3.52. The van der Waals surface area contributed by atoms with Gasteiger partial charge in [-0.15, -0.1) is 5.92 Å². The maximum absolute atomic E-state index is 4.75. The van der Waals surface area contributed by atoms with Gasteiger partial charge in [-0.3, -0.25) is 0 Å². The number of imidazole rings is 1. The largest absolute Gasteiger partial charge is 0.306 e. The van der Waals surface area contributed by atoms with Crippen molar-refractivity contribution in [1.82, 2.24) is 9.38 Å². The number of aryl methyl sites for hydroxylation is 2. The molecule has 1 aliphatic rings. The average molecular weight is 250 g/mol. The number of aromatic nitrogens is 2. The summed E-state index contributed by atoms with van der Waals surface area (Å²) in [5.41, 5.74) is 4.55. The van der Waals surface area contributed by atoms with Gasteiger partial charge < -0.3 is 4.40 Å². The second-order valence-corrected chi connectivity index (χ2v) is 5.46. The lowest BCUT2D eigenvalue weighted by atomic mass is 10.1. The lowest BCUT2D eigenvalue weighted by molar-refractivity contribution is 0.759. The maximum Gasteiger partial charge on any atom is 0.140 e. The van der Waals surface area contributed by atoms with Crippen LogP contribution in [0.25, 0.3) is 5.65 Å². The van der Waals surface area contributed by atoms with E-state index in [1.807, 2.05) is 0 Å². The maximum atomic E-state index is 4.75. The first-order valence-corrected chi connectivity index (χ1v) is 6.76. The molecule has 1 aliphatic carbocycles. The van der Waals surface area contributed by atoms with Gasteiger partial charge in [-0.25, -0.2) is 4.98 Å². The van der Waals surface area contributed by atoms with E-state index in [0.29, 0.717) is 5.92 Å². The van der Waals surface area contributed by atoms with Gasteiger partial charge in [0.25, 0.3) is 0 Å². The van der Waals surface area contributed by atoms with Crippen LogP contribution >= 0.6 is 0 Å². The zero-order valence-electron chi connectivity index (χ0n) is 11.6. The second kappa shape index (κ2) is 4.59. The number of hydrogen-bond acceptors (Lipinski definition) is 1. The summed E-state index contributed by atoms with van der Waals surface area (Å²) in [6.45, 7) is 6.42. The van der Waals surface area contributed by atoms with Crippen LogP contribution in [-0.2, 0) is 0 Å². The van der Waals surface area contributed by atoms with Crippen LogP contribution < -0.4 is 0 Å². The third kappa shape index (κ3) is 2.29. The van der Waals surface area contributed by atoms with E-state index in [9.17, 15) is 0 Å². The molecular weight excluding hydrogens is 232 g/mol. The van der Waals surface area contributed by atoms with Crippen molar-refractivity contribution in [2.45, 2.75) is 33.1 Å². The number of nitrogens with zero attached hydrogens (tertiary/aromatic N) is 2. The summed E-state index contributed by atoms with van der Waals surface area (Å²) in [6.07, 6.45) is 9.59. The molecule has 19 heavy (non-hydrogen) atoms. The highest BCUT2D eigenvalue weighted by Gasteiger charge is 2.13. The first-order valence-electron chi connectivity index (χ1n) is 6.76. The molecule has 0 bridgehead atoms. The molecule has 0 saturated heterocycles. The molecule has 2 aromatic rings. The van der Waals surface area contributed by atoms with Gasteiger partial charge in [0, 0.05) is 18.8 Å². The van der Waals surface area contributed by atoms with E-state index in [1.54, 1.807) is 0 Å². The van der Waals surface area contributed by atoms with Crippen LogP contribution in [0.4, 0.5) is 0 Å². The van der Waals surface area contributed by atoms with Crippen LogP contribution in [0.5, 0.6) is 0 Å². The fourth-order valence-corrected chi connectivity index (χ4v) is 2.53. The highest BCUT2D eigenvalue weighted by molar-refractivity contribution is 5.51. The van der Waals surface area contributed by atoms with Crippen LogP contribution in [0.3, 0.4) is 0 Å². The first-order chi connectivity index (χ1) is 9.13. The van der Waals surface area contributed by atoms with Gasteiger partial charge in [0.15, 0.2) is 0 Å². The highest BCUT2D eigenvalue weighted by Crippen LogP contribution is 2.22. The Morgan fingerprint density at radius 3 is 2.95 bits per heavy atom. The Kier molecular flexibility index (Phi) is 2.91. The molecule has 2 nitrogen and oxygen atoms in total. The van der Waals surface area contributed by atoms with Gasteiger partial charge in [0.2, 0.25) is 0 Å². The third-order valence-electron chi connectivity index (χ3n) is 3.52. The molecule has 0 radical (unpaired) electrons. The zero-order valence-corrected chi connectivity index (χ0v) is 11.6. The van der Waals surface area contributed by atoms with Crippen molar-refractivity contribution in [1.29, 1.82) is 0 Å². The Morgan fingerprint density at radius 2 is 2.11 bits per heavy atom. The van der Waals surface area contributed by atoms with Gasteiger partial charge in [-0.1, -0.05) is 31.1 Å².